The SMILES string of the molecule is COc1cc(Cl)c(CN2CCOCC2CC(=O)O)c(OC)c1. The number of ether oxygens (including phenoxy) is 3. The van der Waals surface area contributed by atoms with Crippen molar-refractivity contribution in [1.29, 1.82) is 0 Å². The average molecular weight is 330 g/mol. The van der Waals surface area contributed by atoms with Crippen molar-refractivity contribution in [1.82, 2.24) is 4.90 Å². The molecular formula is C15H20ClNO5. The second kappa shape index (κ2) is 7.67. The van der Waals surface area contributed by atoms with Gasteiger partial charge in [0.05, 0.1) is 38.9 Å². The van der Waals surface area contributed by atoms with Gasteiger partial charge in [0.25, 0.3) is 0 Å². The molecule has 0 radical (unpaired) electrons. The number of carbonyl (C=O) groups is 1. The Morgan fingerprint density at radius 2 is 2.23 bits per heavy atom. The molecule has 1 unspecified atom stereocenters. The summed E-state index contributed by atoms with van der Waals surface area (Å²) in [6, 6.07) is 3.33. The highest BCUT2D eigenvalue weighted by atomic mass is 35.5. The van der Waals surface area contributed by atoms with E-state index in [9.17, 15) is 4.79 Å². The number of hydrogen-bond donors (Lipinski definition) is 1. The lowest BCUT2D eigenvalue weighted by Crippen LogP contribution is -2.46. The van der Waals surface area contributed by atoms with E-state index >= 15 is 0 Å². The zero-order chi connectivity index (χ0) is 16.1. The molecule has 1 N–H and O–H groups in total. The lowest BCUT2D eigenvalue weighted by Gasteiger charge is -2.35. The first-order chi connectivity index (χ1) is 10.5. The summed E-state index contributed by atoms with van der Waals surface area (Å²) >= 11 is 6.33. The van der Waals surface area contributed by atoms with Crippen LogP contribution in [0.3, 0.4) is 0 Å². The molecule has 122 valence electrons. The number of nitrogens with zero attached hydrogens (tertiary/aromatic N) is 1. The standard InChI is InChI=1S/C15H20ClNO5/c1-20-11-6-13(16)12(14(7-11)21-2)8-17-3-4-22-9-10(17)5-15(18)19/h6-7,10H,3-5,8-9H2,1-2H3,(H,18,19). The molecule has 0 spiro atoms. The Morgan fingerprint density at radius 1 is 1.45 bits per heavy atom. The predicted molar refractivity (Wildman–Crippen MR) is 81.8 cm³/mol. The Bertz CT molecular complexity index is 537. The summed E-state index contributed by atoms with van der Waals surface area (Å²) in [4.78, 5) is 13.1. The number of halogens is 1. The van der Waals surface area contributed by atoms with E-state index < -0.39 is 5.97 Å². The monoisotopic (exact) mass is 329 g/mol. The van der Waals surface area contributed by atoms with Gasteiger partial charge in [-0.25, -0.2) is 0 Å². The molecule has 0 aliphatic carbocycles. The maximum Gasteiger partial charge on any atom is 0.305 e. The molecule has 1 heterocycles. The summed E-state index contributed by atoms with van der Waals surface area (Å²) in [5, 5.41) is 9.56. The summed E-state index contributed by atoms with van der Waals surface area (Å²) in [7, 11) is 3.14. The van der Waals surface area contributed by atoms with Gasteiger partial charge in [-0.05, 0) is 6.07 Å². The Balaban J connectivity index is 2.22. The fraction of sp³-hybridized carbons (Fsp3) is 0.533. The molecule has 0 aromatic heterocycles. The lowest BCUT2D eigenvalue weighted by molar-refractivity contribution is -0.140. The van der Waals surface area contributed by atoms with Gasteiger partial charge in [-0.1, -0.05) is 11.6 Å². The zero-order valence-corrected chi connectivity index (χ0v) is 13.4. The molecule has 1 aromatic carbocycles. The molecule has 0 amide bonds. The molecule has 2 rings (SSSR count). The number of benzene rings is 1. The van der Waals surface area contributed by atoms with Crippen LogP contribution >= 0.6 is 11.6 Å². The van der Waals surface area contributed by atoms with E-state index in [1.807, 2.05) is 0 Å². The molecule has 1 fully saturated rings. The van der Waals surface area contributed by atoms with Gasteiger partial charge >= 0.3 is 5.97 Å². The highest BCUT2D eigenvalue weighted by Crippen LogP contribution is 2.33. The minimum Gasteiger partial charge on any atom is -0.497 e. The van der Waals surface area contributed by atoms with Crippen molar-refractivity contribution >= 4 is 17.6 Å². The van der Waals surface area contributed by atoms with Crippen molar-refractivity contribution < 1.29 is 24.1 Å². The van der Waals surface area contributed by atoms with Gasteiger partial charge in [-0.3, -0.25) is 9.69 Å². The quantitative estimate of drug-likeness (QED) is 0.861. The molecule has 1 saturated heterocycles. The fourth-order valence-electron chi connectivity index (χ4n) is 2.53. The van der Waals surface area contributed by atoms with E-state index in [1.54, 1.807) is 26.4 Å². The van der Waals surface area contributed by atoms with E-state index in [0.29, 0.717) is 42.8 Å². The van der Waals surface area contributed by atoms with E-state index in [0.717, 1.165) is 5.56 Å². The van der Waals surface area contributed by atoms with Crippen LogP contribution in [-0.4, -0.2) is 56.0 Å². The maximum absolute atomic E-state index is 11.0. The molecule has 0 bridgehead atoms. The summed E-state index contributed by atoms with van der Waals surface area (Å²) in [6.07, 6.45) is 0.0378. The normalized spacial score (nSPS) is 19.0. The van der Waals surface area contributed by atoms with Crippen LogP contribution in [-0.2, 0) is 16.1 Å². The molecule has 6 nitrogen and oxygen atoms in total. The summed E-state index contributed by atoms with van der Waals surface area (Å²) in [5.41, 5.74) is 0.822. The van der Waals surface area contributed by atoms with Gasteiger partial charge in [-0.15, -0.1) is 0 Å². The summed E-state index contributed by atoms with van der Waals surface area (Å²) in [6.45, 7) is 2.14. The molecule has 0 saturated carbocycles. The number of carboxylic acid groups (broad SMARTS) is 1. The number of hydrogen-bond acceptors (Lipinski definition) is 5. The summed E-state index contributed by atoms with van der Waals surface area (Å²) in [5.74, 6) is 0.410. The van der Waals surface area contributed by atoms with Crippen LogP contribution in [0.25, 0.3) is 0 Å². The van der Waals surface area contributed by atoms with Crippen molar-refractivity contribution in [2.75, 3.05) is 34.0 Å². The minimum absolute atomic E-state index is 0.0378. The average Bonchev–Trinajstić information content (AvgIpc) is 2.50. The topological polar surface area (TPSA) is 68.2 Å². The van der Waals surface area contributed by atoms with Crippen LogP contribution in [0.1, 0.15) is 12.0 Å². The molecular weight excluding hydrogens is 310 g/mol. The first-order valence-corrected chi connectivity index (χ1v) is 7.37. The van der Waals surface area contributed by atoms with Crippen LogP contribution in [0.5, 0.6) is 11.5 Å². The third kappa shape index (κ3) is 4.03. The van der Waals surface area contributed by atoms with Gasteiger partial charge in [0.15, 0.2) is 0 Å². The van der Waals surface area contributed by atoms with E-state index in [4.69, 9.17) is 30.9 Å². The smallest absolute Gasteiger partial charge is 0.305 e. The van der Waals surface area contributed by atoms with Crippen molar-refractivity contribution in [3.63, 3.8) is 0 Å². The third-order valence-electron chi connectivity index (χ3n) is 3.70. The highest BCUT2D eigenvalue weighted by Gasteiger charge is 2.27. The minimum atomic E-state index is -0.840. The fourth-order valence-corrected chi connectivity index (χ4v) is 2.79. The van der Waals surface area contributed by atoms with Gasteiger partial charge in [-0.2, -0.15) is 0 Å². The first-order valence-electron chi connectivity index (χ1n) is 6.99. The molecule has 1 aromatic rings. The van der Waals surface area contributed by atoms with Crippen molar-refractivity contribution in [2.24, 2.45) is 0 Å². The zero-order valence-electron chi connectivity index (χ0n) is 12.7. The number of methoxy groups -OCH3 is 2. The number of rotatable bonds is 6. The highest BCUT2D eigenvalue weighted by molar-refractivity contribution is 6.31. The second-order valence-electron chi connectivity index (χ2n) is 5.09. The van der Waals surface area contributed by atoms with Crippen LogP contribution in [0.15, 0.2) is 12.1 Å². The summed E-state index contributed by atoms with van der Waals surface area (Å²) < 4.78 is 16.0. The van der Waals surface area contributed by atoms with Crippen LogP contribution in [0.2, 0.25) is 5.02 Å². The largest absolute Gasteiger partial charge is 0.497 e. The predicted octanol–water partition coefficient (Wildman–Crippen LogP) is 2.03. The van der Waals surface area contributed by atoms with Crippen molar-refractivity contribution in [3.05, 3.63) is 22.7 Å². The Hall–Kier alpha value is -1.50. The molecule has 1 aliphatic heterocycles. The molecule has 7 heteroatoms. The van der Waals surface area contributed by atoms with E-state index in [1.165, 1.54) is 0 Å². The maximum atomic E-state index is 11.0. The second-order valence-corrected chi connectivity index (χ2v) is 5.49. The Labute approximate surface area is 134 Å². The van der Waals surface area contributed by atoms with Gasteiger partial charge < -0.3 is 19.3 Å². The Kier molecular flexibility index (Phi) is 5.88. The molecule has 1 atom stereocenters. The van der Waals surface area contributed by atoms with Crippen LogP contribution in [0.4, 0.5) is 0 Å². The third-order valence-corrected chi connectivity index (χ3v) is 4.04. The van der Waals surface area contributed by atoms with Crippen molar-refractivity contribution in [2.45, 2.75) is 19.0 Å². The number of aliphatic carboxylic acids is 1. The first kappa shape index (κ1) is 16.9. The van der Waals surface area contributed by atoms with Crippen molar-refractivity contribution in [3.8, 4) is 11.5 Å². The van der Waals surface area contributed by atoms with Crippen LogP contribution in [0, 0.1) is 0 Å². The Morgan fingerprint density at radius 3 is 2.86 bits per heavy atom. The lowest BCUT2D eigenvalue weighted by atomic mass is 10.1. The van der Waals surface area contributed by atoms with Gasteiger partial charge in [0.1, 0.15) is 11.5 Å². The van der Waals surface area contributed by atoms with Crippen LogP contribution < -0.4 is 9.47 Å². The van der Waals surface area contributed by atoms with Gasteiger partial charge in [0, 0.05) is 30.8 Å². The number of morpholine rings is 1. The molecule has 22 heavy (non-hydrogen) atoms. The van der Waals surface area contributed by atoms with E-state index in [2.05, 4.69) is 4.90 Å². The molecule has 1 aliphatic rings. The number of carboxylic acids is 1. The van der Waals surface area contributed by atoms with E-state index in [-0.39, 0.29) is 12.5 Å². The van der Waals surface area contributed by atoms with Gasteiger partial charge in [0.2, 0.25) is 0 Å².